The summed E-state index contributed by atoms with van der Waals surface area (Å²) in [6, 6.07) is 0.899. The van der Waals surface area contributed by atoms with Crippen molar-refractivity contribution >= 4 is 16.5 Å². The minimum atomic E-state index is 0.688. The number of nitrogens with two attached hydrogens (primary N) is 1. The summed E-state index contributed by atoms with van der Waals surface area (Å²) >= 11 is 1.62. The van der Waals surface area contributed by atoms with Gasteiger partial charge in [0.15, 0.2) is 5.13 Å². The minimum absolute atomic E-state index is 0.688. The molecule has 0 bridgehead atoms. The van der Waals surface area contributed by atoms with Crippen LogP contribution < -0.4 is 5.73 Å². The summed E-state index contributed by atoms with van der Waals surface area (Å²) in [7, 11) is 0. The Hall–Kier alpha value is -0.650. The Bertz CT molecular complexity index is 366. The van der Waals surface area contributed by atoms with Crippen LogP contribution in [0.4, 0.5) is 5.13 Å². The highest BCUT2D eigenvalue weighted by Crippen LogP contribution is 2.26. The minimum Gasteiger partial charge on any atom is -0.375 e. The predicted octanol–water partition coefficient (Wildman–Crippen LogP) is 1.40. The van der Waals surface area contributed by atoms with Crippen LogP contribution in [0.2, 0.25) is 0 Å². The number of hydrogen-bond donors (Lipinski definition) is 1. The van der Waals surface area contributed by atoms with Gasteiger partial charge in [0.25, 0.3) is 0 Å². The first-order chi connectivity index (χ1) is 8.31. The van der Waals surface area contributed by atoms with E-state index < -0.39 is 0 Å². The molecule has 2 aliphatic rings. The van der Waals surface area contributed by atoms with Gasteiger partial charge in [-0.05, 0) is 12.8 Å². The molecule has 1 aromatic heterocycles. The molecule has 0 amide bonds. The smallest absolute Gasteiger partial charge is 0.180 e. The van der Waals surface area contributed by atoms with Crippen molar-refractivity contribution in [3.8, 4) is 0 Å². The van der Waals surface area contributed by atoms with E-state index in [2.05, 4.69) is 14.8 Å². The Morgan fingerprint density at radius 1 is 1.29 bits per heavy atom. The van der Waals surface area contributed by atoms with Crippen LogP contribution >= 0.6 is 11.3 Å². The van der Waals surface area contributed by atoms with Crippen LogP contribution in [-0.4, -0.2) is 47.0 Å². The number of aromatic nitrogens is 1. The number of hydrogen-bond acceptors (Lipinski definition) is 5. The van der Waals surface area contributed by atoms with Gasteiger partial charge in [0.1, 0.15) is 0 Å². The number of anilines is 1. The zero-order chi connectivity index (χ0) is 11.7. The van der Waals surface area contributed by atoms with Crippen molar-refractivity contribution in [3.63, 3.8) is 0 Å². The molecule has 1 aromatic rings. The first-order valence-corrected chi connectivity index (χ1v) is 7.29. The van der Waals surface area contributed by atoms with Crippen molar-refractivity contribution in [2.45, 2.75) is 31.8 Å². The summed E-state index contributed by atoms with van der Waals surface area (Å²) in [5, 5.41) is 0.688. The molecule has 1 aliphatic heterocycles. The Morgan fingerprint density at radius 3 is 2.59 bits per heavy atom. The van der Waals surface area contributed by atoms with Crippen molar-refractivity contribution in [2.75, 3.05) is 31.9 Å². The predicted molar refractivity (Wildman–Crippen MR) is 71.0 cm³/mol. The largest absolute Gasteiger partial charge is 0.375 e. The maximum atomic E-state index is 5.65. The molecular weight excluding hydrogens is 232 g/mol. The van der Waals surface area contributed by atoms with Crippen molar-refractivity contribution in [1.82, 2.24) is 14.8 Å². The maximum Gasteiger partial charge on any atom is 0.180 e. The van der Waals surface area contributed by atoms with Crippen molar-refractivity contribution in [3.05, 3.63) is 11.1 Å². The number of nitrogen functional groups attached to an aromatic ring is 1. The van der Waals surface area contributed by atoms with Gasteiger partial charge in [0, 0.05) is 49.8 Å². The molecule has 5 heteroatoms. The number of nitrogens with zero attached hydrogens (tertiary/aromatic N) is 3. The Labute approximate surface area is 106 Å². The molecule has 3 rings (SSSR count). The Balaban J connectivity index is 1.47. The fraction of sp³-hybridized carbons (Fsp3) is 0.750. The summed E-state index contributed by atoms with van der Waals surface area (Å²) in [6.07, 6.45) is 6.19. The van der Waals surface area contributed by atoms with Gasteiger partial charge in [-0.25, -0.2) is 4.98 Å². The molecule has 94 valence electrons. The van der Waals surface area contributed by atoms with Gasteiger partial charge in [-0.2, -0.15) is 0 Å². The standard InChI is InChI=1S/C12H20N4S/c13-12-14-8-11(17-12)9-15-4-6-16(7-5-15)10-2-1-3-10/h8,10H,1-7,9H2,(H2,13,14). The molecule has 0 radical (unpaired) electrons. The van der Waals surface area contributed by atoms with Gasteiger partial charge in [-0.3, -0.25) is 9.80 Å². The van der Waals surface area contributed by atoms with Crippen LogP contribution in [0.5, 0.6) is 0 Å². The van der Waals surface area contributed by atoms with Gasteiger partial charge in [-0.15, -0.1) is 11.3 Å². The number of rotatable bonds is 3. The monoisotopic (exact) mass is 252 g/mol. The van der Waals surface area contributed by atoms with E-state index in [1.807, 2.05) is 6.20 Å². The number of thiazole rings is 1. The molecular formula is C12H20N4S. The van der Waals surface area contributed by atoms with Gasteiger partial charge in [0.2, 0.25) is 0 Å². The first-order valence-electron chi connectivity index (χ1n) is 6.48. The third-order valence-electron chi connectivity index (χ3n) is 3.95. The second kappa shape index (κ2) is 4.92. The second-order valence-electron chi connectivity index (χ2n) is 5.06. The molecule has 1 saturated carbocycles. The fourth-order valence-electron chi connectivity index (χ4n) is 2.65. The van der Waals surface area contributed by atoms with Crippen LogP contribution in [-0.2, 0) is 6.54 Å². The Morgan fingerprint density at radius 2 is 2.06 bits per heavy atom. The lowest BCUT2D eigenvalue weighted by molar-refractivity contribution is 0.0591. The van der Waals surface area contributed by atoms with Crippen LogP contribution in [0.25, 0.3) is 0 Å². The van der Waals surface area contributed by atoms with E-state index in [0.717, 1.165) is 12.6 Å². The van der Waals surface area contributed by atoms with Crippen LogP contribution in [0, 0.1) is 0 Å². The van der Waals surface area contributed by atoms with E-state index >= 15 is 0 Å². The van der Waals surface area contributed by atoms with Crippen molar-refractivity contribution < 1.29 is 0 Å². The van der Waals surface area contributed by atoms with E-state index in [1.54, 1.807) is 11.3 Å². The highest BCUT2D eigenvalue weighted by Gasteiger charge is 2.27. The topological polar surface area (TPSA) is 45.4 Å². The zero-order valence-corrected chi connectivity index (χ0v) is 11.0. The zero-order valence-electron chi connectivity index (χ0n) is 10.1. The van der Waals surface area contributed by atoms with Crippen molar-refractivity contribution in [1.29, 1.82) is 0 Å². The summed E-state index contributed by atoms with van der Waals surface area (Å²) < 4.78 is 0. The maximum absolute atomic E-state index is 5.65. The molecule has 4 nitrogen and oxygen atoms in total. The van der Waals surface area contributed by atoms with Crippen LogP contribution in [0.15, 0.2) is 6.20 Å². The van der Waals surface area contributed by atoms with Gasteiger partial charge in [0.05, 0.1) is 0 Å². The third kappa shape index (κ3) is 2.61. The van der Waals surface area contributed by atoms with E-state index in [1.165, 1.54) is 50.3 Å². The Kier molecular flexibility index (Phi) is 3.31. The SMILES string of the molecule is Nc1ncc(CN2CCN(C3CCC3)CC2)s1. The third-order valence-corrected chi connectivity index (χ3v) is 4.76. The fourth-order valence-corrected chi connectivity index (χ4v) is 3.38. The van der Waals surface area contributed by atoms with Gasteiger partial charge >= 0.3 is 0 Å². The highest BCUT2D eigenvalue weighted by atomic mass is 32.1. The van der Waals surface area contributed by atoms with E-state index in [9.17, 15) is 0 Å². The molecule has 0 aromatic carbocycles. The van der Waals surface area contributed by atoms with Crippen LogP contribution in [0.3, 0.4) is 0 Å². The van der Waals surface area contributed by atoms with Crippen LogP contribution in [0.1, 0.15) is 24.1 Å². The average Bonchev–Trinajstić information content (AvgIpc) is 2.64. The molecule has 0 unspecified atom stereocenters. The summed E-state index contributed by atoms with van der Waals surface area (Å²) in [4.78, 5) is 10.6. The van der Waals surface area contributed by atoms with Gasteiger partial charge in [-0.1, -0.05) is 6.42 Å². The quantitative estimate of drug-likeness (QED) is 0.883. The van der Waals surface area contributed by atoms with Crippen molar-refractivity contribution in [2.24, 2.45) is 0 Å². The molecule has 2 N–H and O–H groups in total. The molecule has 1 aliphatic carbocycles. The molecule has 2 heterocycles. The van der Waals surface area contributed by atoms with Gasteiger partial charge < -0.3 is 5.73 Å². The molecule has 0 atom stereocenters. The molecule has 1 saturated heterocycles. The molecule has 17 heavy (non-hydrogen) atoms. The summed E-state index contributed by atoms with van der Waals surface area (Å²) in [6.45, 7) is 5.87. The summed E-state index contributed by atoms with van der Waals surface area (Å²) in [5.41, 5.74) is 5.65. The lowest BCUT2D eigenvalue weighted by Gasteiger charge is -2.42. The van der Waals surface area contributed by atoms with E-state index in [0.29, 0.717) is 5.13 Å². The lowest BCUT2D eigenvalue weighted by atomic mass is 9.91. The summed E-state index contributed by atoms with van der Waals surface area (Å²) in [5.74, 6) is 0. The first kappa shape index (κ1) is 11.4. The highest BCUT2D eigenvalue weighted by molar-refractivity contribution is 7.15. The number of piperazine rings is 1. The van der Waals surface area contributed by atoms with E-state index in [-0.39, 0.29) is 0 Å². The lowest BCUT2D eigenvalue weighted by Crippen LogP contribution is -2.51. The normalized spacial score (nSPS) is 23.8. The second-order valence-corrected chi connectivity index (χ2v) is 6.21. The molecule has 2 fully saturated rings. The average molecular weight is 252 g/mol. The van der Waals surface area contributed by atoms with E-state index in [4.69, 9.17) is 5.73 Å². The molecule has 0 spiro atoms.